The Morgan fingerprint density at radius 3 is 2.74 bits per heavy atom. The summed E-state index contributed by atoms with van der Waals surface area (Å²) in [5, 5.41) is 2.63. The van der Waals surface area contributed by atoms with Crippen LogP contribution in [-0.4, -0.2) is 15.0 Å². The van der Waals surface area contributed by atoms with E-state index in [0.29, 0.717) is 17.2 Å². The van der Waals surface area contributed by atoms with Crippen LogP contribution in [0.3, 0.4) is 0 Å². The average Bonchev–Trinajstić information content (AvgIpc) is 2.89. The molecule has 0 aliphatic carbocycles. The molecule has 0 radical (unpaired) electrons. The fraction of sp³-hybridized carbons (Fsp3) is 0. The van der Waals surface area contributed by atoms with Gasteiger partial charge in [0.15, 0.2) is 0 Å². The first-order valence-electron chi connectivity index (χ1n) is 5.52. The van der Waals surface area contributed by atoms with Crippen LogP contribution in [0.1, 0.15) is 0 Å². The fourth-order valence-electron chi connectivity index (χ4n) is 1.64. The van der Waals surface area contributed by atoms with Crippen LogP contribution in [0.4, 0.5) is 10.2 Å². The molecule has 3 rings (SSSR count). The highest BCUT2D eigenvalue weighted by Crippen LogP contribution is 2.30. The Bertz CT molecular complexity index is 709. The van der Waals surface area contributed by atoms with Crippen LogP contribution >= 0.6 is 11.3 Å². The Hall–Kier alpha value is -2.34. The standard InChI is InChI=1S/C13H9FN4S/c14-8-3-4-10(17-6-8)11-7-19-13(18-11)9-2-1-5-16-12(9)15/h1-7H,(H2,15,16). The van der Waals surface area contributed by atoms with Crippen LogP contribution < -0.4 is 5.73 Å². The first kappa shape index (κ1) is 11.7. The van der Waals surface area contributed by atoms with E-state index in [1.165, 1.54) is 23.6 Å². The fourth-order valence-corrected chi connectivity index (χ4v) is 2.49. The molecule has 0 spiro atoms. The van der Waals surface area contributed by atoms with Gasteiger partial charge in [-0.25, -0.2) is 14.4 Å². The van der Waals surface area contributed by atoms with Gasteiger partial charge in [-0.1, -0.05) is 0 Å². The molecule has 0 aliphatic heterocycles. The summed E-state index contributed by atoms with van der Waals surface area (Å²) in [5.41, 5.74) is 7.93. The van der Waals surface area contributed by atoms with Crippen molar-refractivity contribution in [3.63, 3.8) is 0 Å². The highest BCUT2D eigenvalue weighted by atomic mass is 32.1. The molecule has 0 amide bonds. The summed E-state index contributed by atoms with van der Waals surface area (Å²) < 4.78 is 12.8. The van der Waals surface area contributed by atoms with Crippen molar-refractivity contribution in [3.05, 3.63) is 47.9 Å². The van der Waals surface area contributed by atoms with Crippen LogP contribution in [0, 0.1) is 5.82 Å². The Balaban J connectivity index is 2.00. The Labute approximate surface area is 112 Å². The molecule has 0 bridgehead atoms. The van der Waals surface area contributed by atoms with Gasteiger partial charge in [-0.2, -0.15) is 0 Å². The molecule has 94 valence electrons. The van der Waals surface area contributed by atoms with Gasteiger partial charge in [0.2, 0.25) is 0 Å². The van der Waals surface area contributed by atoms with Crippen molar-refractivity contribution in [2.75, 3.05) is 5.73 Å². The molecule has 4 nitrogen and oxygen atoms in total. The minimum Gasteiger partial charge on any atom is -0.383 e. The predicted octanol–water partition coefficient (Wildman–Crippen LogP) is 2.99. The quantitative estimate of drug-likeness (QED) is 0.779. The normalized spacial score (nSPS) is 10.6. The molecule has 0 saturated heterocycles. The molecular formula is C13H9FN4S. The predicted molar refractivity (Wildman–Crippen MR) is 72.9 cm³/mol. The van der Waals surface area contributed by atoms with Crippen molar-refractivity contribution in [2.24, 2.45) is 0 Å². The first-order valence-corrected chi connectivity index (χ1v) is 6.40. The third-order valence-electron chi connectivity index (χ3n) is 2.56. The zero-order valence-corrected chi connectivity index (χ0v) is 10.6. The van der Waals surface area contributed by atoms with Crippen molar-refractivity contribution < 1.29 is 4.39 Å². The monoisotopic (exact) mass is 272 g/mol. The number of thiazole rings is 1. The molecule has 6 heteroatoms. The molecule has 0 aromatic carbocycles. The lowest BCUT2D eigenvalue weighted by Crippen LogP contribution is -1.92. The minimum absolute atomic E-state index is 0.365. The van der Waals surface area contributed by atoms with Gasteiger partial charge < -0.3 is 5.73 Å². The summed E-state index contributed by atoms with van der Waals surface area (Å²) in [6.45, 7) is 0. The Morgan fingerprint density at radius 2 is 2.00 bits per heavy atom. The summed E-state index contributed by atoms with van der Waals surface area (Å²) in [7, 11) is 0. The molecule has 0 unspecified atom stereocenters. The third-order valence-corrected chi connectivity index (χ3v) is 3.44. The van der Waals surface area contributed by atoms with Gasteiger partial charge in [0.05, 0.1) is 17.5 Å². The number of hydrogen-bond donors (Lipinski definition) is 1. The van der Waals surface area contributed by atoms with Crippen LogP contribution in [0.5, 0.6) is 0 Å². The maximum Gasteiger partial charge on any atom is 0.141 e. The van der Waals surface area contributed by atoms with E-state index in [2.05, 4.69) is 15.0 Å². The third kappa shape index (κ3) is 2.30. The second-order valence-electron chi connectivity index (χ2n) is 3.84. The van der Waals surface area contributed by atoms with Gasteiger partial charge in [0.1, 0.15) is 22.3 Å². The summed E-state index contributed by atoms with van der Waals surface area (Å²) >= 11 is 1.45. The van der Waals surface area contributed by atoms with E-state index in [-0.39, 0.29) is 5.82 Å². The molecule has 3 heterocycles. The number of nitrogens with two attached hydrogens (primary N) is 1. The zero-order valence-electron chi connectivity index (χ0n) is 9.75. The first-order chi connectivity index (χ1) is 9.24. The highest BCUT2D eigenvalue weighted by molar-refractivity contribution is 7.13. The van der Waals surface area contributed by atoms with Gasteiger partial charge >= 0.3 is 0 Å². The largest absolute Gasteiger partial charge is 0.383 e. The topological polar surface area (TPSA) is 64.7 Å². The summed E-state index contributed by atoms with van der Waals surface area (Å²) in [6.07, 6.45) is 2.81. The lowest BCUT2D eigenvalue weighted by Gasteiger charge is -1.99. The molecule has 0 aliphatic rings. The second kappa shape index (κ2) is 4.74. The molecular weight excluding hydrogens is 263 g/mol. The lowest BCUT2D eigenvalue weighted by molar-refractivity contribution is 0.622. The van der Waals surface area contributed by atoms with E-state index in [1.54, 1.807) is 12.3 Å². The van der Waals surface area contributed by atoms with Crippen molar-refractivity contribution in [1.82, 2.24) is 15.0 Å². The molecule has 3 aromatic heterocycles. The smallest absolute Gasteiger partial charge is 0.141 e. The molecule has 3 aromatic rings. The maximum absolute atomic E-state index is 12.8. The van der Waals surface area contributed by atoms with Crippen molar-refractivity contribution >= 4 is 17.2 Å². The molecule has 19 heavy (non-hydrogen) atoms. The average molecular weight is 272 g/mol. The SMILES string of the molecule is Nc1ncccc1-c1nc(-c2ccc(F)cn2)cs1. The van der Waals surface area contributed by atoms with E-state index in [1.807, 2.05) is 17.5 Å². The second-order valence-corrected chi connectivity index (χ2v) is 4.69. The van der Waals surface area contributed by atoms with Gasteiger partial charge in [-0.15, -0.1) is 11.3 Å². The Morgan fingerprint density at radius 1 is 1.11 bits per heavy atom. The van der Waals surface area contributed by atoms with Gasteiger partial charge in [-0.05, 0) is 24.3 Å². The zero-order chi connectivity index (χ0) is 13.2. The summed E-state index contributed by atoms with van der Waals surface area (Å²) in [4.78, 5) is 12.5. The van der Waals surface area contributed by atoms with E-state index in [9.17, 15) is 4.39 Å². The van der Waals surface area contributed by atoms with Gasteiger partial charge in [0, 0.05) is 11.6 Å². The molecule has 0 atom stereocenters. The number of rotatable bonds is 2. The van der Waals surface area contributed by atoms with Crippen LogP contribution in [0.15, 0.2) is 42.0 Å². The minimum atomic E-state index is -0.365. The molecule has 2 N–H and O–H groups in total. The molecule has 0 fully saturated rings. The van der Waals surface area contributed by atoms with Crippen LogP contribution in [0.25, 0.3) is 22.0 Å². The number of hydrogen-bond acceptors (Lipinski definition) is 5. The van der Waals surface area contributed by atoms with Gasteiger partial charge in [-0.3, -0.25) is 4.98 Å². The van der Waals surface area contributed by atoms with Crippen molar-refractivity contribution in [1.29, 1.82) is 0 Å². The summed E-state index contributed by atoms with van der Waals surface area (Å²) in [6, 6.07) is 6.63. The van der Waals surface area contributed by atoms with E-state index < -0.39 is 0 Å². The van der Waals surface area contributed by atoms with Crippen molar-refractivity contribution in [3.8, 4) is 22.0 Å². The van der Waals surface area contributed by atoms with E-state index >= 15 is 0 Å². The maximum atomic E-state index is 12.8. The van der Waals surface area contributed by atoms with Gasteiger partial charge in [0.25, 0.3) is 0 Å². The summed E-state index contributed by atoms with van der Waals surface area (Å²) in [5.74, 6) is 0.0752. The number of aromatic nitrogens is 3. The number of anilines is 1. The highest BCUT2D eigenvalue weighted by Gasteiger charge is 2.10. The van der Waals surface area contributed by atoms with E-state index in [0.717, 1.165) is 10.6 Å². The number of nitrogens with zero attached hydrogens (tertiary/aromatic N) is 3. The van der Waals surface area contributed by atoms with Crippen LogP contribution in [-0.2, 0) is 0 Å². The number of halogens is 1. The lowest BCUT2D eigenvalue weighted by atomic mass is 10.2. The number of nitrogen functional groups attached to an aromatic ring is 1. The molecule has 0 saturated carbocycles. The number of pyridine rings is 2. The van der Waals surface area contributed by atoms with Crippen LogP contribution in [0.2, 0.25) is 0 Å². The Kier molecular flexibility index (Phi) is 2.92. The van der Waals surface area contributed by atoms with Crippen molar-refractivity contribution in [2.45, 2.75) is 0 Å². The van der Waals surface area contributed by atoms with E-state index in [4.69, 9.17) is 5.73 Å².